The number of aromatic nitrogens is 2. The normalized spacial score (nSPS) is 21.7. The van der Waals surface area contributed by atoms with Gasteiger partial charge >= 0.3 is 5.97 Å². The number of sulfone groups is 1. The highest BCUT2D eigenvalue weighted by Gasteiger charge is 2.49. The molecule has 2 aliphatic rings. The van der Waals surface area contributed by atoms with E-state index in [-0.39, 0.29) is 35.5 Å². The Bertz CT molecular complexity index is 1420. The molecular formula is C25H23ClFN3O4S. The van der Waals surface area contributed by atoms with Crippen molar-refractivity contribution in [3.05, 3.63) is 82.4 Å². The number of carbonyl (C=O) groups is 1. The lowest BCUT2D eigenvalue weighted by atomic mass is 9.63. The molecule has 10 heteroatoms. The molecule has 2 aromatic carbocycles. The molecule has 0 aliphatic heterocycles. The maximum atomic E-state index is 13.4. The van der Waals surface area contributed by atoms with Gasteiger partial charge in [0.05, 0.1) is 27.9 Å². The molecule has 5 rings (SSSR count). The molecule has 0 radical (unpaired) electrons. The minimum atomic E-state index is -3.60. The van der Waals surface area contributed by atoms with Gasteiger partial charge in [0.2, 0.25) is 0 Å². The number of nitrogens with one attached hydrogen (secondary N) is 1. The second-order valence-electron chi connectivity index (χ2n) is 9.03. The van der Waals surface area contributed by atoms with Crippen molar-refractivity contribution >= 4 is 33.5 Å². The summed E-state index contributed by atoms with van der Waals surface area (Å²) < 4.78 is 40.5. The monoisotopic (exact) mass is 515 g/mol. The van der Waals surface area contributed by atoms with Gasteiger partial charge in [-0.25, -0.2) is 17.5 Å². The van der Waals surface area contributed by atoms with Gasteiger partial charge in [-0.15, -0.1) is 0 Å². The summed E-state index contributed by atoms with van der Waals surface area (Å²) in [6, 6.07) is 11.7. The summed E-state index contributed by atoms with van der Waals surface area (Å²) in [7, 11) is -3.60. The van der Waals surface area contributed by atoms with Crippen LogP contribution in [0.2, 0.25) is 5.02 Å². The van der Waals surface area contributed by atoms with E-state index in [1.165, 1.54) is 36.4 Å². The van der Waals surface area contributed by atoms with E-state index in [0.717, 1.165) is 16.8 Å². The first kappa shape index (κ1) is 23.7. The molecule has 0 amide bonds. The second kappa shape index (κ2) is 8.89. The number of halogens is 2. The van der Waals surface area contributed by atoms with E-state index < -0.39 is 21.2 Å². The number of hydrogen-bond donors (Lipinski definition) is 2. The first-order chi connectivity index (χ1) is 16.7. The van der Waals surface area contributed by atoms with Crippen LogP contribution in [-0.4, -0.2) is 41.2 Å². The molecule has 7 nitrogen and oxygen atoms in total. The summed E-state index contributed by atoms with van der Waals surface area (Å²) in [4.78, 5) is 12.7. The van der Waals surface area contributed by atoms with Crippen LogP contribution in [0.1, 0.15) is 30.5 Å². The smallest absolute Gasteiger partial charge is 0.314 e. The predicted octanol–water partition coefficient (Wildman–Crippen LogP) is 4.25. The van der Waals surface area contributed by atoms with Gasteiger partial charge in [0, 0.05) is 11.1 Å². The maximum absolute atomic E-state index is 13.4. The zero-order valence-electron chi connectivity index (χ0n) is 18.6. The van der Waals surface area contributed by atoms with Crippen LogP contribution in [0.25, 0.3) is 11.8 Å². The molecule has 1 heterocycles. The third-order valence-electron chi connectivity index (χ3n) is 6.88. The molecule has 0 unspecified atom stereocenters. The highest BCUT2D eigenvalue weighted by Crippen LogP contribution is 2.48. The maximum Gasteiger partial charge on any atom is 0.314 e. The fourth-order valence-electron chi connectivity index (χ4n) is 5.01. The van der Waals surface area contributed by atoms with Crippen molar-refractivity contribution in [1.82, 2.24) is 15.1 Å². The molecule has 1 fully saturated rings. The zero-order valence-corrected chi connectivity index (χ0v) is 20.2. The van der Waals surface area contributed by atoms with Crippen LogP contribution in [0, 0.1) is 11.2 Å². The van der Waals surface area contributed by atoms with E-state index in [1.807, 2.05) is 6.08 Å². The number of carboxylic acids is 1. The molecule has 1 aromatic heterocycles. The van der Waals surface area contributed by atoms with E-state index >= 15 is 0 Å². The number of carboxylic acid groups (broad SMARTS) is 1. The highest BCUT2D eigenvalue weighted by molar-refractivity contribution is 7.91. The molecule has 2 N–H and O–H groups in total. The van der Waals surface area contributed by atoms with E-state index in [9.17, 15) is 22.7 Å². The minimum Gasteiger partial charge on any atom is -0.481 e. The largest absolute Gasteiger partial charge is 0.481 e. The molecule has 1 saturated carbocycles. The first-order valence-electron chi connectivity index (χ1n) is 11.2. The van der Waals surface area contributed by atoms with Gasteiger partial charge in [0.1, 0.15) is 11.7 Å². The first-order valence-corrected chi connectivity index (χ1v) is 13.2. The zero-order chi connectivity index (χ0) is 24.8. The van der Waals surface area contributed by atoms with Crippen LogP contribution >= 0.6 is 11.6 Å². The summed E-state index contributed by atoms with van der Waals surface area (Å²) >= 11 is 5.86. The molecular weight excluding hydrogens is 493 g/mol. The Morgan fingerprint density at radius 3 is 2.60 bits per heavy atom. The van der Waals surface area contributed by atoms with Crippen LogP contribution < -0.4 is 5.32 Å². The Morgan fingerprint density at radius 1 is 1.20 bits per heavy atom. The van der Waals surface area contributed by atoms with Crippen molar-refractivity contribution in [1.29, 1.82) is 0 Å². The standard InChI is InChI=1S/C25H23ClFN3O4S/c26-18-2-9-22(10-3-18)35(33,34)15-28-20-6-1-17-11-23-16(12-25(17,13-20)24(31)32)14-29-30(23)21-7-4-19(27)5-8-21/h2-5,7-11,14,20,28H,1,6,12-13,15H2,(H,31,32)/t20-,25-/m0/s1. The molecule has 35 heavy (non-hydrogen) atoms. The number of nitrogens with zero attached hydrogens (tertiary/aromatic N) is 2. The Morgan fingerprint density at radius 2 is 1.91 bits per heavy atom. The molecule has 3 aromatic rings. The Labute approximate surface area is 207 Å². The number of benzene rings is 2. The average molecular weight is 516 g/mol. The number of rotatable bonds is 6. The third-order valence-corrected chi connectivity index (χ3v) is 8.67. The van der Waals surface area contributed by atoms with E-state index in [2.05, 4.69) is 10.4 Å². The molecule has 2 atom stereocenters. The summed E-state index contributed by atoms with van der Waals surface area (Å²) in [6.07, 6.45) is 5.18. The van der Waals surface area contributed by atoms with Crippen molar-refractivity contribution in [3.8, 4) is 5.69 Å². The van der Waals surface area contributed by atoms with Crippen molar-refractivity contribution < 1.29 is 22.7 Å². The third kappa shape index (κ3) is 4.39. The molecule has 2 aliphatic carbocycles. The highest BCUT2D eigenvalue weighted by atomic mass is 35.5. The SMILES string of the molecule is O=C(O)[C@]12Cc3cnn(-c4ccc(F)cc4)c3C=C1CC[C@H](NCS(=O)(=O)c1ccc(Cl)cc1)C2. The molecule has 0 saturated heterocycles. The van der Waals surface area contributed by atoms with Gasteiger partial charge in [-0.05, 0) is 85.9 Å². The Hall–Kier alpha value is -3.01. The van der Waals surface area contributed by atoms with Gasteiger partial charge in [0.15, 0.2) is 9.84 Å². The Balaban J connectivity index is 1.37. The van der Waals surface area contributed by atoms with Gasteiger partial charge in [0.25, 0.3) is 0 Å². The van der Waals surface area contributed by atoms with Crippen molar-refractivity contribution in [2.24, 2.45) is 5.41 Å². The summed E-state index contributed by atoms with van der Waals surface area (Å²) in [6.45, 7) is 0. The van der Waals surface area contributed by atoms with Crippen LogP contribution in [-0.2, 0) is 21.1 Å². The Kier molecular flexibility index (Phi) is 6.03. The van der Waals surface area contributed by atoms with Crippen molar-refractivity contribution in [3.63, 3.8) is 0 Å². The lowest BCUT2D eigenvalue weighted by Crippen LogP contribution is -2.48. The average Bonchev–Trinajstić information content (AvgIpc) is 3.24. The quantitative estimate of drug-likeness (QED) is 0.509. The van der Waals surface area contributed by atoms with Gasteiger partial charge in [-0.1, -0.05) is 17.2 Å². The minimum absolute atomic E-state index is 0.161. The second-order valence-corrected chi connectivity index (χ2v) is 11.5. The van der Waals surface area contributed by atoms with E-state index in [0.29, 0.717) is 23.6 Å². The topological polar surface area (TPSA) is 101 Å². The lowest BCUT2D eigenvalue weighted by Gasteiger charge is -2.42. The van der Waals surface area contributed by atoms with Crippen LogP contribution in [0.3, 0.4) is 0 Å². The number of hydrogen-bond acceptors (Lipinski definition) is 5. The number of fused-ring (bicyclic) bond motifs is 2. The molecule has 0 bridgehead atoms. The fraction of sp³-hybridized carbons (Fsp3) is 0.280. The molecule has 182 valence electrons. The van der Waals surface area contributed by atoms with Crippen LogP contribution in [0.4, 0.5) is 4.39 Å². The van der Waals surface area contributed by atoms with Crippen LogP contribution in [0.5, 0.6) is 0 Å². The summed E-state index contributed by atoms with van der Waals surface area (Å²) in [5.74, 6) is -1.57. The fourth-order valence-corrected chi connectivity index (χ4v) is 6.30. The van der Waals surface area contributed by atoms with Crippen molar-refractivity contribution in [2.45, 2.75) is 36.6 Å². The number of aliphatic carboxylic acids is 1. The van der Waals surface area contributed by atoms with Gasteiger partial charge in [-0.3, -0.25) is 4.79 Å². The van der Waals surface area contributed by atoms with Gasteiger partial charge in [-0.2, -0.15) is 5.10 Å². The summed E-state index contributed by atoms with van der Waals surface area (Å²) in [5, 5.41) is 18.2. The van der Waals surface area contributed by atoms with Crippen molar-refractivity contribution in [2.75, 3.05) is 5.88 Å². The van der Waals surface area contributed by atoms with E-state index in [4.69, 9.17) is 11.6 Å². The molecule has 0 spiro atoms. The predicted molar refractivity (Wildman–Crippen MR) is 130 cm³/mol. The van der Waals surface area contributed by atoms with Crippen LogP contribution in [0.15, 0.2) is 65.2 Å². The lowest BCUT2D eigenvalue weighted by molar-refractivity contribution is -0.148. The van der Waals surface area contributed by atoms with Gasteiger partial charge < -0.3 is 10.4 Å². The summed E-state index contributed by atoms with van der Waals surface area (Å²) in [5.41, 5.74) is 1.93. The van der Waals surface area contributed by atoms with E-state index in [1.54, 1.807) is 23.0 Å².